The average molecular weight is 432 g/mol. The number of halogens is 2. The van der Waals surface area contributed by atoms with E-state index < -0.39 is 0 Å². The Labute approximate surface area is 133 Å². The molecule has 0 fully saturated rings. The molecule has 2 rings (SSSR count). The first-order chi connectivity index (χ1) is 9.11. The van der Waals surface area contributed by atoms with Crippen LogP contribution in [0.25, 0.3) is 0 Å². The zero-order valence-corrected chi connectivity index (χ0v) is 13.9. The Morgan fingerprint density at radius 1 is 1.26 bits per heavy atom. The van der Waals surface area contributed by atoms with E-state index in [9.17, 15) is 4.79 Å². The van der Waals surface area contributed by atoms with Crippen LogP contribution >= 0.6 is 38.5 Å². The van der Waals surface area contributed by atoms with Crippen LogP contribution in [-0.2, 0) is 0 Å². The van der Waals surface area contributed by atoms with Gasteiger partial charge in [-0.25, -0.2) is 0 Å². The number of hydrogen-bond donors (Lipinski definition) is 1. The number of para-hydroxylation sites is 1. The second-order valence-electron chi connectivity index (χ2n) is 3.78. The molecule has 0 heterocycles. The van der Waals surface area contributed by atoms with Gasteiger partial charge in [0.2, 0.25) is 0 Å². The van der Waals surface area contributed by atoms with Gasteiger partial charge in [0, 0.05) is 8.04 Å². The molecule has 5 heteroatoms. The Morgan fingerprint density at radius 3 is 2.74 bits per heavy atom. The van der Waals surface area contributed by atoms with Crippen LogP contribution in [0, 0.1) is 3.57 Å². The number of hydrogen-bond acceptors (Lipinski definition) is 2. The van der Waals surface area contributed by atoms with Gasteiger partial charge in [-0.1, -0.05) is 28.1 Å². The summed E-state index contributed by atoms with van der Waals surface area (Å²) in [6, 6.07) is 12.9. The summed E-state index contributed by atoms with van der Waals surface area (Å²) in [7, 11) is 1.55. The maximum absolute atomic E-state index is 12.2. The largest absolute Gasteiger partial charge is 0.496 e. The van der Waals surface area contributed by atoms with Crippen LogP contribution in [0.3, 0.4) is 0 Å². The molecule has 3 nitrogen and oxygen atoms in total. The molecule has 98 valence electrons. The molecule has 1 N–H and O–H groups in total. The highest BCUT2D eigenvalue weighted by Crippen LogP contribution is 2.25. The van der Waals surface area contributed by atoms with Gasteiger partial charge in [-0.05, 0) is 52.9 Å². The van der Waals surface area contributed by atoms with E-state index in [1.54, 1.807) is 19.2 Å². The molecule has 0 aliphatic rings. The third kappa shape index (κ3) is 3.48. The average Bonchev–Trinajstić information content (AvgIpc) is 2.42. The van der Waals surface area contributed by atoms with Crippen molar-refractivity contribution in [2.45, 2.75) is 0 Å². The van der Waals surface area contributed by atoms with E-state index >= 15 is 0 Å². The lowest BCUT2D eigenvalue weighted by Crippen LogP contribution is -2.13. The fraction of sp³-hybridized carbons (Fsp3) is 0.0714. The van der Waals surface area contributed by atoms with Crippen LogP contribution in [0.4, 0.5) is 5.69 Å². The first kappa shape index (κ1) is 14.3. The van der Waals surface area contributed by atoms with Gasteiger partial charge in [-0.2, -0.15) is 0 Å². The Balaban J connectivity index is 2.28. The number of nitrogens with one attached hydrogen (secondary N) is 1. The molecule has 2 aromatic carbocycles. The van der Waals surface area contributed by atoms with Crippen molar-refractivity contribution >= 4 is 50.1 Å². The van der Waals surface area contributed by atoms with Crippen molar-refractivity contribution in [2.24, 2.45) is 0 Å². The number of methoxy groups -OCH3 is 1. The standard InChI is InChI=1S/C14H11BrINO2/c1-19-13-5-3-2-4-10(13)14(18)17-12-8-9(15)6-7-11(12)16/h2-8H,1H3,(H,17,18). The maximum atomic E-state index is 12.2. The molecule has 0 unspecified atom stereocenters. The monoisotopic (exact) mass is 431 g/mol. The second kappa shape index (κ2) is 6.38. The number of amides is 1. The van der Waals surface area contributed by atoms with Gasteiger partial charge in [0.05, 0.1) is 18.4 Å². The summed E-state index contributed by atoms with van der Waals surface area (Å²) in [6.45, 7) is 0. The fourth-order valence-electron chi connectivity index (χ4n) is 1.62. The molecular formula is C14H11BrINO2. The third-order valence-corrected chi connectivity index (χ3v) is 3.96. The summed E-state index contributed by atoms with van der Waals surface area (Å²) < 4.78 is 7.08. The molecule has 0 radical (unpaired) electrons. The summed E-state index contributed by atoms with van der Waals surface area (Å²) in [5.41, 5.74) is 1.28. The predicted octanol–water partition coefficient (Wildman–Crippen LogP) is 4.31. The van der Waals surface area contributed by atoms with Crippen molar-refractivity contribution in [1.29, 1.82) is 0 Å². The molecule has 0 aromatic heterocycles. The van der Waals surface area contributed by atoms with Gasteiger partial charge < -0.3 is 10.1 Å². The van der Waals surface area contributed by atoms with E-state index in [1.807, 2.05) is 30.3 Å². The van der Waals surface area contributed by atoms with Crippen molar-refractivity contribution in [3.05, 3.63) is 56.1 Å². The molecule has 1 amide bonds. The fourth-order valence-corrected chi connectivity index (χ4v) is 2.45. The van der Waals surface area contributed by atoms with E-state index in [-0.39, 0.29) is 5.91 Å². The minimum absolute atomic E-state index is 0.187. The molecule has 0 atom stereocenters. The number of rotatable bonds is 3. The molecule has 0 spiro atoms. The minimum atomic E-state index is -0.187. The van der Waals surface area contributed by atoms with Gasteiger partial charge in [-0.15, -0.1) is 0 Å². The molecule has 0 bridgehead atoms. The smallest absolute Gasteiger partial charge is 0.259 e. The first-order valence-electron chi connectivity index (χ1n) is 5.51. The topological polar surface area (TPSA) is 38.3 Å². The summed E-state index contributed by atoms with van der Waals surface area (Å²) in [5.74, 6) is 0.374. The normalized spacial score (nSPS) is 10.1. The van der Waals surface area contributed by atoms with Crippen LogP contribution in [0.2, 0.25) is 0 Å². The van der Waals surface area contributed by atoms with Gasteiger partial charge in [-0.3, -0.25) is 4.79 Å². The van der Waals surface area contributed by atoms with E-state index in [0.717, 1.165) is 13.7 Å². The lowest BCUT2D eigenvalue weighted by Gasteiger charge is -2.10. The molecular weight excluding hydrogens is 421 g/mol. The third-order valence-electron chi connectivity index (χ3n) is 2.53. The lowest BCUT2D eigenvalue weighted by atomic mass is 10.2. The molecule has 0 saturated heterocycles. The quantitative estimate of drug-likeness (QED) is 0.735. The Kier molecular flexibility index (Phi) is 4.81. The van der Waals surface area contributed by atoms with Gasteiger partial charge >= 0.3 is 0 Å². The molecule has 0 saturated carbocycles. The van der Waals surface area contributed by atoms with Gasteiger partial charge in [0.15, 0.2) is 0 Å². The molecule has 0 aliphatic carbocycles. The van der Waals surface area contributed by atoms with Crippen LogP contribution < -0.4 is 10.1 Å². The van der Waals surface area contributed by atoms with E-state index in [0.29, 0.717) is 11.3 Å². The number of carbonyl (C=O) groups is 1. The van der Waals surface area contributed by atoms with Crippen LogP contribution in [0.5, 0.6) is 5.75 Å². The summed E-state index contributed by atoms with van der Waals surface area (Å²) in [4.78, 5) is 12.2. The van der Waals surface area contributed by atoms with Crippen LogP contribution in [-0.4, -0.2) is 13.0 Å². The van der Waals surface area contributed by atoms with Gasteiger partial charge in [0.1, 0.15) is 5.75 Å². The van der Waals surface area contributed by atoms with Gasteiger partial charge in [0.25, 0.3) is 5.91 Å². The van der Waals surface area contributed by atoms with Crippen molar-refractivity contribution in [2.75, 3.05) is 12.4 Å². The molecule has 0 aliphatic heterocycles. The van der Waals surface area contributed by atoms with Crippen LogP contribution in [0.1, 0.15) is 10.4 Å². The maximum Gasteiger partial charge on any atom is 0.259 e. The highest BCUT2D eigenvalue weighted by molar-refractivity contribution is 14.1. The second-order valence-corrected chi connectivity index (χ2v) is 5.86. The minimum Gasteiger partial charge on any atom is -0.496 e. The zero-order valence-electron chi connectivity index (χ0n) is 10.1. The summed E-state index contributed by atoms with van der Waals surface area (Å²) >= 11 is 5.57. The van der Waals surface area contributed by atoms with E-state index in [4.69, 9.17) is 4.74 Å². The zero-order chi connectivity index (χ0) is 13.8. The van der Waals surface area contributed by atoms with Crippen LogP contribution in [0.15, 0.2) is 46.9 Å². The summed E-state index contributed by atoms with van der Waals surface area (Å²) in [6.07, 6.45) is 0. The Hall–Kier alpha value is -1.08. The Bertz CT molecular complexity index is 616. The number of ether oxygens (including phenoxy) is 1. The van der Waals surface area contributed by atoms with E-state index in [2.05, 4.69) is 43.8 Å². The predicted molar refractivity (Wildman–Crippen MR) is 87.8 cm³/mol. The van der Waals surface area contributed by atoms with Crippen molar-refractivity contribution in [1.82, 2.24) is 0 Å². The lowest BCUT2D eigenvalue weighted by molar-refractivity contribution is 0.102. The summed E-state index contributed by atoms with van der Waals surface area (Å²) in [5, 5.41) is 2.89. The van der Waals surface area contributed by atoms with Crippen molar-refractivity contribution < 1.29 is 9.53 Å². The number of anilines is 1. The molecule has 19 heavy (non-hydrogen) atoms. The molecule has 2 aromatic rings. The first-order valence-corrected chi connectivity index (χ1v) is 7.38. The van der Waals surface area contributed by atoms with Crippen molar-refractivity contribution in [3.63, 3.8) is 0 Å². The van der Waals surface area contributed by atoms with Crippen molar-refractivity contribution in [3.8, 4) is 5.75 Å². The highest BCUT2D eigenvalue weighted by atomic mass is 127. The number of benzene rings is 2. The van der Waals surface area contributed by atoms with E-state index in [1.165, 1.54) is 0 Å². The SMILES string of the molecule is COc1ccccc1C(=O)Nc1cc(Br)ccc1I. The Morgan fingerprint density at radius 2 is 2.00 bits per heavy atom. The number of carbonyl (C=O) groups excluding carboxylic acids is 1. The highest BCUT2D eigenvalue weighted by Gasteiger charge is 2.12.